The lowest BCUT2D eigenvalue weighted by molar-refractivity contribution is 0.777. The predicted octanol–water partition coefficient (Wildman–Crippen LogP) is 0.811. The molecule has 0 aliphatic carbocycles. The molecule has 0 saturated carbocycles. The van der Waals surface area contributed by atoms with Crippen LogP contribution >= 0.6 is 11.8 Å². The summed E-state index contributed by atoms with van der Waals surface area (Å²) in [6.45, 7) is 0. The average molecular weight is 131 g/mol. The Morgan fingerprint density at radius 1 is 1.38 bits per heavy atom. The van der Waals surface area contributed by atoms with E-state index in [4.69, 9.17) is 17.5 Å². The summed E-state index contributed by atoms with van der Waals surface area (Å²) < 4.78 is 1.43. The lowest BCUT2D eigenvalue weighted by atomic mass is 10.3. The minimum Gasteiger partial charge on any atom is -0.321 e. The van der Waals surface area contributed by atoms with Gasteiger partial charge in [0.15, 0.2) is 0 Å². The molecule has 1 aliphatic heterocycles. The van der Waals surface area contributed by atoms with E-state index in [0.29, 0.717) is 0 Å². The maximum absolute atomic E-state index is 5.49. The molecular formula is C5H7ClN2. The lowest BCUT2D eigenvalue weighted by Gasteiger charge is -2.10. The number of halogens is 1. The molecule has 0 spiro atoms. The zero-order chi connectivity index (χ0) is 5.98. The van der Waals surface area contributed by atoms with E-state index >= 15 is 0 Å². The minimum absolute atomic E-state index is 0.0324. The molecule has 0 bridgehead atoms. The third-order valence-electron chi connectivity index (χ3n) is 0.901. The molecule has 3 heteroatoms. The molecule has 0 aromatic carbocycles. The molecular weight excluding hydrogens is 124 g/mol. The Kier molecular flexibility index (Phi) is 1.56. The van der Waals surface area contributed by atoms with Gasteiger partial charge in [-0.15, -0.1) is 0 Å². The van der Waals surface area contributed by atoms with E-state index < -0.39 is 0 Å². The highest BCUT2D eigenvalue weighted by Gasteiger charge is 1.96. The van der Waals surface area contributed by atoms with Gasteiger partial charge in [0.2, 0.25) is 0 Å². The molecule has 2 nitrogen and oxygen atoms in total. The highest BCUT2D eigenvalue weighted by Crippen LogP contribution is 2.03. The Balaban J connectivity index is 2.54. The zero-order valence-corrected chi connectivity index (χ0v) is 5.05. The highest BCUT2D eigenvalue weighted by atomic mass is 35.5. The molecule has 1 rings (SSSR count). The van der Waals surface area contributed by atoms with Crippen LogP contribution in [0.4, 0.5) is 0 Å². The van der Waals surface area contributed by atoms with Crippen LogP contribution in [0, 0.1) is 0 Å². The first-order valence-electron chi connectivity index (χ1n) is 2.35. The van der Waals surface area contributed by atoms with Crippen LogP contribution in [0.15, 0.2) is 24.6 Å². The number of hydrogen-bond acceptors (Lipinski definition) is 2. The maximum atomic E-state index is 5.49. The molecule has 2 N–H and O–H groups in total. The fourth-order valence-corrected chi connectivity index (χ4v) is 0.607. The summed E-state index contributed by atoms with van der Waals surface area (Å²) in [6.07, 6.45) is 7.05. The second kappa shape index (κ2) is 2.20. The summed E-state index contributed by atoms with van der Waals surface area (Å²) in [4.78, 5) is 0. The van der Waals surface area contributed by atoms with Crippen molar-refractivity contribution in [1.29, 1.82) is 0 Å². The Hall–Kier alpha value is -0.470. The molecule has 0 unspecified atom stereocenters. The predicted molar refractivity (Wildman–Crippen MR) is 33.9 cm³/mol. The van der Waals surface area contributed by atoms with Crippen molar-refractivity contribution < 1.29 is 0 Å². The molecule has 0 aromatic rings. The van der Waals surface area contributed by atoms with E-state index in [1.807, 2.05) is 12.2 Å². The molecule has 1 aliphatic rings. The summed E-state index contributed by atoms with van der Waals surface area (Å²) in [5.41, 5.74) is 5.44. The van der Waals surface area contributed by atoms with E-state index in [1.54, 1.807) is 12.4 Å². The number of rotatable bonds is 0. The first-order chi connectivity index (χ1) is 3.79. The van der Waals surface area contributed by atoms with Crippen LogP contribution in [0.5, 0.6) is 0 Å². The van der Waals surface area contributed by atoms with E-state index in [1.165, 1.54) is 4.42 Å². The van der Waals surface area contributed by atoms with Crippen molar-refractivity contribution in [3.8, 4) is 0 Å². The van der Waals surface area contributed by atoms with Crippen molar-refractivity contribution >= 4 is 11.8 Å². The van der Waals surface area contributed by atoms with Crippen LogP contribution in [0.25, 0.3) is 0 Å². The van der Waals surface area contributed by atoms with Crippen LogP contribution in [-0.2, 0) is 0 Å². The molecule has 44 valence electrons. The van der Waals surface area contributed by atoms with Gasteiger partial charge in [0.1, 0.15) is 0 Å². The summed E-state index contributed by atoms with van der Waals surface area (Å²) >= 11 is 5.49. The second-order valence-electron chi connectivity index (χ2n) is 1.60. The van der Waals surface area contributed by atoms with Crippen molar-refractivity contribution in [2.75, 3.05) is 0 Å². The minimum atomic E-state index is 0.0324. The molecule has 1 heterocycles. The van der Waals surface area contributed by atoms with Crippen LogP contribution in [0.3, 0.4) is 0 Å². The summed E-state index contributed by atoms with van der Waals surface area (Å²) in [5, 5.41) is 0. The van der Waals surface area contributed by atoms with Gasteiger partial charge in [0, 0.05) is 30.2 Å². The molecule has 0 radical (unpaired) electrons. The van der Waals surface area contributed by atoms with Gasteiger partial charge in [0.25, 0.3) is 0 Å². The van der Waals surface area contributed by atoms with Gasteiger partial charge >= 0.3 is 0 Å². The van der Waals surface area contributed by atoms with Gasteiger partial charge in [-0.2, -0.15) is 0 Å². The lowest BCUT2D eigenvalue weighted by Crippen LogP contribution is -2.17. The first-order valence-corrected chi connectivity index (χ1v) is 2.69. The molecule has 0 amide bonds. The smallest absolute Gasteiger partial charge is 0.0445 e. The van der Waals surface area contributed by atoms with Crippen molar-refractivity contribution in [1.82, 2.24) is 4.42 Å². The van der Waals surface area contributed by atoms with Gasteiger partial charge in [-0.25, -0.2) is 0 Å². The van der Waals surface area contributed by atoms with Crippen LogP contribution in [0.1, 0.15) is 0 Å². The SMILES string of the molecule is NC1C=CN(Cl)C=C1. The standard InChI is InChI=1S/C5H7ClN2/c6-8-3-1-5(7)2-4-8/h1-5H,7H2. The molecule has 8 heavy (non-hydrogen) atoms. The first kappa shape index (κ1) is 5.66. The number of nitrogens with two attached hydrogens (primary N) is 1. The summed E-state index contributed by atoms with van der Waals surface area (Å²) in [6, 6.07) is 0.0324. The van der Waals surface area contributed by atoms with Crippen LogP contribution < -0.4 is 5.73 Å². The fourth-order valence-electron chi connectivity index (χ4n) is 0.477. The Bertz CT molecular complexity index is 102. The molecule has 0 aromatic heterocycles. The van der Waals surface area contributed by atoms with Gasteiger partial charge in [-0.3, -0.25) is 4.42 Å². The van der Waals surface area contributed by atoms with Crippen LogP contribution in [0.2, 0.25) is 0 Å². The van der Waals surface area contributed by atoms with Crippen molar-refractivity contribution in [3.63, 3.8) is 0 Å². The van der Waals surface area contributed by atoms with Gasteiger partial charge < -0.3 is 5.73 Å². The van der Waals surface area contributed by atoms with E-state index in [-0.39, 0.29) is 6.04 Å². The average Bonchev–Trinajstić information content (AvgIpc) is 1.77. The third kappa shape index (κ3) is 1.25. The quantitative estimate of drug-likeness (QED) is 0.492. The maximum Gasteiger partial charge on any atom is 0.0445 e. The Labute approximate surface area is 53.3 Å². The summed E-state index contributed by atoms with van der Waals surface area (Å²) in [7, 11) is 0. The Morgan fingerprint density at radius 2 is 1.88 bits per heavy atom. The fraction of sp³-hybridized carbons (Fsp3) is 0.200. The number of hydrogen-bond donors (Lipinski definition) is 1. The number of nitrogens with zero attached hydrogens (tertiary/aromatic N) is 1. The topological polar surface area (TPSA) is 29.3 Å². The van der Waals surface area contributed by atoms with Crippen molar-refractivity contribution in [2.45, 2.75) is 6.04 Å². The monoisotopic (exact) mass is 130 g/mol. The Morgan fingerprint density at radius 3 is 2.25 bits per heavy atom. The zero-order valence-electron chi connectivity index (χ0n) is 4.29. The normalized spacial score (nSPS) is 20.0. The second-order valence-corrected chi connectivity index (χ2v) is 2.00. The van der Waals surface area contributed by atoms with Crippen molar-refractivity contribution in [3.05, 3.63) is 24.6 Å². The summed E-state index contributed by atoms with van der Waals surface area (Å²) in [5.74, 6) is 0. The molecule has 0 saturated heterocycles. The van der Waals surface area contributed by atoms with Gasteiger partial charge in [-0.1, -0.05) is 0 Å². The van der Waals surface area contributed by atoms with E-state index in [0.717, 1.165) is 0 Å². The van der Waals surface area contributed by atoms with E-state index in [9.17, 15) is 0 Å². The largest absolute Gasteiger partial charge is 0.321 e. The van der Waals surface area contributed by atoms with E-state index in [2.05, 4.69) is 0 Å². The van der Waals surface area contributed by atoms with Crippen LogP contribution in [-0.4, -0.2) is 10.5 Å². The molecule has 0 fully saturated rings. The highest BCUT2D eigenvalue weighted by molar-refractivity contribution is 6.14. The van der Waals surface area contributed by atoms with Crippen molar-refractivity contribution in [2.24, 2.45) is 5.73 Å². The van der Waals surface area contributed by atoms with Gasteiger partial charge in [0.05, 0.1) is 0 Å². The third-order valence-corrected chi connectivity index (χ3v) is 1.13. The van der Waals surface area contributed by atoms with Gasteiger partial charge in [-0.05, 0) is 12.2 Å². The molecule has 0 atom stereocenters.